The topological polar surface area (TPSA) is 61.4 Å². The van der Waals surface area contributed by atoms with E-state index >= 15 is 0 Å². The first-order chi connectivity index (χ1) is 9.47. The molecular weight excluding hydrogens is 266 g/mol. The monoisotopic (exact) mass is 286 g/mol. The first-order valence-electron chi connectivity index (χ1n) is 6.60. The van der Waals surface area contributed by atoms with Gasteiger partial charge in [-0.15, -0.1) is 0 Å². The van der Waals surface area contributed by atoms with Gasteiger partial charge in [0, 0.05) is 11.6 Å². The molecule has 2 unspecified atom stereocenters. The van der Waals surface area contributed by atoms with Crippen molar-refractivity contribution in [3.05, 3.63) is 35.4 Å². The number of carbonyl (C=O) groups excluding carboxylic acids is 1. The lowest BCUT2D eigenvalue weighted by molar-refractivity contribution is 0.216. The summed E-state index contributed by atoms with van der Waals surface area (Å²) in [6, 6.07) is 1.88. The van der Waals surface area contributed by atoms with Gasteiger partial charge in [-0.25, -0.2) is 13.6 Å². The number of nitrogens with one attached hydrogen (secondary N) is 2. The van der Waals surface area contributed by atoms with Gasteiger partial charge in [0.15, 0.2) is 0 Å². The Bertz CT molecular complexity index is 455. The number of halogens is 2. The van der Waals surface area contributed by atoms with Crippen LogP contribution < -0.4 is 10.6 Å². The zero-order valence-corrected chi connectivity index (χ0v) is 11.6. The Kier molecular flexibility index (Phi) is 6.38. The maximum absolute atomic E-state index is 13.8. The maximum atomic E-state index is 13.8. The van der Waals surface area contributed by atoms with Gasteiger partial charge in [-0.1, -0.05) is 19.4 Å². The second-order valence-electron chi connectivity index (χ2n) is 4.71. The van der Waals surface area contributed by atoms with E-state index in [1.54, 1.807) is 6.92 Å². The summed E-state index contributed by atoms with van der Waals surface area (Å²) in [4.78, 5) is 11.7. The summed E-state index contributed by atoms with van der Waals surface area (Å²) >= 11 is 0. The van der Waals surface area contributed by atoms with Gasteiger partial charge in [0.2, 0.25) is 0 Å². The number of carbonyl (C=O) groups is 1. The molecule has 6 heteroatoms. The van der Waals surface area contributed by atoms with E-state index in [0.717, 1.165) is 18.6 Å². The van der Waals surface area contributed by atoms with Crippen molar-refractivity contribution in [1.29, 1.82) is 0 Å². The first kappa shape index (κ1) is 16.4. The van der Waals surface area contributed by atoms with Gasteiger partial charge in [0.05, 0.1) is 18.7 Å². The highest BCUT2D eigenvalue weighted by Crippen LogP contribution is 2.22. The van der Waals surface area contributed by atoms with E-state index in [2.05, 4.69) is 10.6 Å². The minimum atomic E-state index is -0.682. The quantitative estimate of drug-likeness (QED) is 0.752. The van der Waals surface area contributed by atoms with Crippen LogP contribution in [0.4, 0.5) is 13.6 Å². The number of hydrogen-bond donors (Lipinski definition) is 3. The molecule has 1 aromatic rings. The molecule has 1 aromatic carbocycles. The van der Waals surface area contributed by atoms with Gasteiger partial charge in [-0.05, 0) is 19.4 Å². The smallest absolute Gasteiger partial charge is 0.315 e. The molecule has 3 N–H and O–H groups in total. The fourth-order valence-electron chi connectivity index (χ4n) is 1.85. The summed E-state index contributed by atoms with van der Waals surface area (Å²) in [6.07, 6.45) is 1.26. The number of hydrogen-bond acceptors (Lipinski definition) is 2. The molecular formula is C14H20F2N2O2. The molecule has 0 radical (unpaired) electrons. The van der Waals surface area contributed by atoms with Crippen LogP contribution in [0.3, 0.4) is 0 Å². The number of aliphatic hydroxyl groups is 1. The van der Waals surface area contributed by atoms with Crippen LogP contribution in [0.25, 0.3) is 0 Å². The molecule has 2 atom stereocenters. The second kappa shape index (κ2) is 7.79. The Labute approximate surface area is 117 Å². The molecule has 0 saturated heterocycles. The third-order valence-electron chi connectivity index (χ3n) is 2.87. The third kappa shape index (κ3) is 4.77. The first-order valence-corrected chi connectivity index (χ1v) is 6.60. The molecule has 0 fully saturated rings. The minimum Gasteiger partial charge on any atom is -0.394 e. The molecule has 0 bridgehead atoms. The standard InChI is InChI=1S/C14H20F2N2O2/c1-3-4-13(18-14(20)17-9(2)8-19)11-6-5-10(15)7-12(11)16/h5-7,9,13,19H,3-4,8H2,1-2H3,(H2,17,18,20). The molecule has 20 heavy (non-hydrogen) atoms. The summed E-state index contributed by atoms with van der Waals surface area (Å²) in [7, 11) is 0. The third-order valence-corrected chi connectivity index (χ3v) is 2.87. The lowest BCUT2D eigenvalue weighted by Crippen LogP contribution is -2.43. The van der Waals surface area contributed by atoms with Crippen molar-refractivity contribution in [2.75, 3.05) is 6.61 Å². The zero-order valence-electron chi connectivity index (χ0n) is 11.6. The van der Waals surface area contributed by atoms with Crippen LogP contribution in [0.5, 0.6) is 0 Å². The number of benzene rings is 1. The highest BCUT2D eigenvalue weighted by molar-refractivity contribution is 5.74. The predicted molar refractivity (Wildman–Crippen MR) is 72.2 cm³/mol. The summed E-state index contributed by atoms with van der Waals surface area (Å²) in [5.41, 5.74) is 0.250. The number of aliphatic hydroxyl groups excluding tert-OH is 1. The van der Waals surface area contributed by atoms with Gasteiger partial charge in [-0.2, -0.15) is 0 Å². The van der Waals surface area contributed by atoms with Crippen molar-refractivity contribution >= 4 is 6.03 Å². The Hall–Kier alpha value is -1.69. The van der Waals surface area contributed by atoms with E-state index in [1.807, 2.05) is 6.92 Å². The van der Waals surface area contributed by atoms with Crippen LogP contribution >= 0.6 is 0 Å². The van der Waals surface area contributed by atoms with E-state index in [9.17, 15) is 13.6 Å². The molecule has 112 valence electrons. The molecule has 0 aliphatic rings. The minimum absolute atomic E-state index is 0.184. The van der Waals surface area contributed by atoms with E-state index in [1.165, 1.54) is 6.07 Å². The Balaban J connectivity index is 2.80. The van der Waals surface area contributed by atoms with Crippen molar-refractivity contribution in [3.63, 3.8) is 0 Å². The van der Waals surface area contributed by atoms with Gasteiger partial charge < -0.3 is 15.7 Å². The van der Waals surface area contributed by atoms with Crippen LogP contribution in [0.15, 0.2) is 18.2 Å². The summed E-state index contributed by atoms with van der Waals surface area (Å²) in [6.45, 7) is 3.37. The summed E-state index contributed by atoms with van der Waals surface area (Å²) in [5.74, 6) is -1.33. The zero-order chi connectivity index (χ0) is 15.1. The fraction of sp³-hybridized carbons (Fsp3) is 0.500. The number of urea groups is 1. The Morgan fingerprint density at radius 2 is 2.05 bits per heavy atom. The number of rotatable bonds is 6. The highest BCUT2D eigenvalue weighted by Gasteiger charge is 2.18. The maximum Gasteiger partial charge on any atom is 0.315 e. The molecule has 0 aromatic heterocycles. The molecule has 0 aliphatic carbocycles. The molecule has 0 heterocycles. The van der Waals surface area contributed by atoms with Crippen molar-refractivity contribution < 1.29 is 18.7 Å². The van der Waals surface area contributed by atoms with Crippen LogP contribution in [0, 0.1) is 11.6 Å². The van der Waals surface area contributed by atoms with Crippen LogP contribution in [0.2, 0.25) is 0 Å². The van der Waals surface area contributed by atoms with Crippen LogP contribution in [0.1, 0.15) is 38.3 Å². The Morgan fingerprint density at radius 1 is 1.35 bits per heavy atom. The van der Waals surface area contributed by atoms with E-state index in [-0.39, 0.29) is 12.2 Å². The van der Waals surface area contributed by atoms with Crippen molar-refractivity contribution in [1.82, 2.24) is 10.6 Å². The highest BCUT2D eigenvalue weighted by atomic mass is 19.1. The van der Waals surface area contributed by atoms with Gasteiger partial charge in [0.1, 0.15) is 11.6 Å². The lowest BCUT2D eigenvalue weighted by atomic mass is 10.0. The summed E-state index contributed by atoms with van der Waals surface area (Å²) in [5, 5.41) is 14.0. The van der Waals surface area contributed by atoms with E-state index < -0.39 is 29.7 Å². The molecule has 0 aliphatic heterocycles. The molecule has 0 spiro atoms. The van der Waals surface area contributed by atoms with Crippen molar-refractivity contribution in [2.45, 2.75) is 38.8 Å². The lowest BCUT2D eigenvalue weighted by Gasteiger charge is -2.21. The Morgan fingerprint density at radius 3 is 2.60 bits per heavy atom. The van der Waals surface area contributed by atoms with E-state index in [0.29, 0.717) is 6.42 Å². The van der Waals surface area contributed by atoms with Crippen molar-refractivity contribution in [2.24, 2.45) is 0 Å². The fourth-order valence-corrected chi connectivity index (χ4v) is 1.85. The average molecular weight is 286 g/mol. The van der Waals surface area contributed by atoms with Crippen molar-refractivity contribution in [3.8, 4) is 0 Å². The molecule has 2 amide bonds. The van der Waals surface area contributed by atoms with Gasteiger partial charge >= 0.3 is 6.03 Å². The average Bonchev–Trinajstić information content (AvgIpc) is 2.38. The summed E-state index contributed by atoms with van der Waals surface area (Å²) < 4.78 is 26.7. The molecule has 0 saturated carbocycles. The van der Waals surface area contributed by atoms with E-state index in [4.69, 9.17) is 5.11 Å². The molecule has 1 rings (SSSR count). The number of amides is 2. The normalized spacial score (nSPS) is 13.7. The SMILES string of the molecule is CCCC(NC(=O)NC(C)CO)c1ccc(F)cc1F. The molecule has 4 nitrogen and oxygen atoms in total. The second-order valence-corrected chi connectivity index (χ2v) is 4.71. The van der Waals surface area contributed by atoms with Crippen LogP contribution in [-0.2, 0) is 0 Å². The van der Waals surface area contributed by atoms with Crippen LogP contribution in [-0.4, -0.2) is 23.8 Å². The predicted octanol–water partition coefficient (Wildman–Crippen LogP) is 2.49. The van der Waals surface area contributed by atoms with Gasteiger partial charge in [0.25, 0.3) is 0 Å². The largest absolute Gasteiger partial charge is 0.394 e. The van der Waals surface area contributed by atoms with Gasteiger partial charge in [-0.3, -0.25) is 0 Å².